The van der Waals surface area contributed by atoms with Crippen LogP contribution >= 0.6 is 23.1 Å². The average molecular weight is 458 g/mol. The van der Waals surface area contributed by atoms with Crippen LogP contribution in [0.15, 0.2) is 35.5 Å². The second-order valence-electron chi connectivity index (χ2n) is 7.04. The summed E-state index contributed by atoms with van der Waals surface area (Å²) in [4.78, 5) is 31.4. The van der Waals surface area contributed by atoms with E-state index < -0.39 is 5.25 Å². The van der Waals surface area contributed by atoms with Crippen molar-refractivity contribution in [3.63, 3.8) is 0 Å². The first kappa shape index (κ1) is 21.4. The molecule has 10 heteroatoms. The molecule has 0 spiro atoms. The van der Waals surface area contributed by atoms with Gasteiger partial charge in [-0.1, -0.05) is 42.1 Å². The highest BCUT2D eigenvalue weighted by atomic mass is 32.2. The Kier molecular flexibility index (Phi) is 6.57. The zero-order chi connectivity index (χ0) is 21.8. The molecule has 162 valence electrons. The Morgan fingerprint density at radius 2 is 2.06 bits per heavy atom. The van der Waals surface area contributed by atoms with Crippen LogP contribution < -0.4 is 11.1 Å². The average Bonchev–Trinajstić information content (AvgIpc) is 3.35. The number of hydrogen-bond acceptors (Lipinski definition) is 8. The van der Waals surface area contributed by atoms with Gasteiger partial charge in [-0.15, -0.1) is 16.4 Å². The van der Waals surface area contributed by atoms with Crippen LogP contribution in [0.3, 0.4) is 0 Å². The quantitative estimate of drug-likeness (QED) is 0.362. The Morgan fingerprint density at radius 3 is 2.77 bits per heavy atom. The second kappa shape index (κ2) is 9.52. The van der Waals surface area contributed by atoms with Crippen molar-refractivity contribution in [2.75, 3.05) is 17.7 Å². The molecule has 0 bridgehead atoms. The zero-order valence-electron chi connectivity index (χ0n) is 17.0. The molecule has 1 atom stereocenters. The maximum atomic E-state index is 13.4. The number of nitrogens with two attached hydrogens (primary N) is 1. The van der Waals surface area contributed by atoms with Gasteiger partial charge >= 0.3 is 5.97 Å². The number of hydrogen-bond donors (Lipinski definition) is 3. The van der Waals surface area contributed by atoms with Crippen molar-refractivity contribution < 1.29 is 14.3 Å². The van der Waals surface area contributed by atoms with E-state index in [4.69, 9.17) is 10.5 Å². The van der Waals surface area contributed by atoms with Gasteiger partial charge in [0.2, 0.25) is 17.0 Å². The molecule has 3 aromatic rings. The number of thiophene rings is 1. The summed E-state index contributed by atoms with van der Waals surface area (Å²) in [5.41, 5.74) is 7.94. The number of rotatable bonds is 7. The van der Waals surface area contributed by atoms with Crippen LogP contribution in [-0.2, 0) is 22.4 Å². The summed E-state index contributed by atoms with van der Waals surface area (Å²) in [6.07, 6.45) is 3.84. The van der Waals surface area contributed by atoms with E-state index in [0.29, 0.717) is 15.7 Å². The van der Waals surface area contributed by atoms with Crippen molar-refractivity contribution in [2.24, 2.45) is 0 Å². The van der Waals surface area contributed by atoms with E-state index in [-0.39, 0.29) is 24.4 Å². The molecule has 1 aromatic carbocycles. The number of aromatic nitrogens is 3. The number of H-pyrrole nitrogens is 1. The van der Waals surface area contributed by atoms with E-state index in [9.17, 15) is 9.59 Å². The molecule has 8 nitrogen and oxygen atoms in total. The minimum absolute atomic E-state index is 0.185. The number of carbonyl (C=O) groups excluding carboxylic acids is 2. The molecule has 1 aliphatic rings. The minimum Gasteiger partial charge on any atom is -0.462 e. The van der Waals surface area contributed by atoms with E-state index in [2.05, 4.69) is 20.5 Å². The van der Waals surface area contributed by atoms with Gasteiger partial charge in [-0.2, -0.15) is 4.98 Å². The lowest BCUT2D eigenvalue weighted by Crippen LogP contribution is -2.20. The standard InChI is InChI=1S/C21H23N5O3S2/c1-2-29-19(28)15-13-10-6-7-11-14(13)30-18(15)23-17(27)16(12-8-4-3-5-9-12)31-21-24-20(22)25-26-21/h3-5,8-9,16H,2,6-7,10-11H2,1H3,(H,23,27)(H3,22,24,25,26)/t16-/m0/s1. The Balaban J connectivity index is 1.65. The van der Waals surface area contributed by atoms with Crippen molar-refractivity contribution in [2.45, 2.75) is 43.0 Å². The third kappa shape index (κ3) is 4.75. The molecule has 4 rings (SSSR count). The van der Waals surface area contributed by atoms with E-state index >= 15 is 0 Å². The van der Waals surface area contributed by atoms with Gasteiger partial charge in [0.15, 0.2) is 0 Å². The SMILES string of the molecule is CCOC(=O)c1c(NC(=O)[C@@H](Sc2n[nH]c(N)n2)c2ccccc2)sc2c1CCCC2. The lowest BCUT2D eigenvalue weighted by Gasteiger charge is -2.16. The molecule has 31 heavy (non-hydrogen) atoms. The Morgan fingerprint density at radius 1 is 1.29 bits per heavy atom. The molecule has 1 amide bonds. The van der Waals surface area contributed by atoms with E-state index in [0.717, 1.165) is 41.7 Å². The molecule has 0 radical (unpaired) electrons. The zero-order valence-corrected chi connectivity index (χ0v) is 18.6. The molecule has 4 N–H and O–H groups in total. The van der Waals surface area contributed by atoms with Crippen molar-refractivity contribution in [3.05, 3.63) is 51.9 Å². The van der Waals surface area contributed by atoms with Crippen LogP contribution in [-0.4, -0.2) is 33.7 Å². The third-order valence-corrected chi connectivity index (χ3v) is 7.26. The summed E-state index contributed by atoms with van der Waals surface area (Å²) < 4.78 is 5.29. The molecule has 0 saturated heterocycles. The first-order valence-electron chi connectivity index (χ1n) is 10.1. The molecular weight excluding hydrogens is 434 g/mol. The van der Waals surface area contributed by atoms with Gasteiger partial charge in [0.25, 0.3) is 0 Å². The van der Waals surface area contributed by atoms with Crippen LogP contribution in [0.2, 0.25) is 0 Å². The number of fused-ring (bicyclic) bond motifs is 1. The lowest BCUT2D eigenvalue weighted by atomic mass is 9.95. The molecule has 0 fully saturated rings. The van der Waals surface area contributed by atoms with Crippen molar-refractivity contribution in [3.8, 4) is 0 Å². The number of carbonyl (C=O) groups is 2. The van der Waals surface area contributed by atoms with Gasteiger partial charge in [-0.25, -0.2) is 9.89 Å². The molecule has 2 heterocycles. The van der Waals surface area contributed by atoms with E-state index in [1.165, 1.54) is 23.1 Å². The number of nitrogens with one attached hydrogen (secondary N) is 2. The topological polar surface area (TPSA) is 123 Å². The predicted octanol–water partition coefficient (Wildman–Crippen LogP) is 3.98. The number of aromatic amines is 1. The fraction of sp³-hybridized carbons (Fsp3) is 0.333. The molecule has 0 saturated carbocycles. The summed E-state index contributed by atoms with van der Waals surface area (Å²) >= 11 is 2.66. The number of esters is 1. The largest absolute Gasteiger partial charge is 0.462 e. The Labute approximate surface area is 188 Å². The lowest BCUT2D eigenvalue weighted by molar-refractivity contribution is -0.115. The van der Waals surface area contributed by atoms with Gasteiger partial charge < -0.3 is 15.8 Å². The molecule has 2 aromatic heterocycles. The molecule has 0 unspecified atom stereocenters. The van der Waals surface area contributed by atoms with Gasteiger partial charge in [-0.05, 0) is 43.7 Å². The predicted molar refractivity (Wildman–Crippen MR) is 121 cm³/mol. The first-order valence-corrected chi connectivity index (χ1v) is 11.8. The Bertz CT molecular complexity index is 1080. The normalized spacial score (nSPS) is 14.0. The maximum absolute atomic E-state index is 13.4. The van der Waals surface area contributed by atoms with Crippen molar-refractivity contribution in [1.29, 1.82) is 0 Å². The molecular formula is C21H23N5O3S2. The first-order chi connectivity index (χ1) is 15.1. The number of benzene rings is 1. The minimum atomic E-state index is -0.620. The molecule has 1 aliphatic carbocycles. The summed E-state index contributed by atoms with van der Waals surface area (Å²) in [5, 5.41) is 9.93. The maximum Gasteiger partial charge on any atom is 0.341 e. The Hall–Kier alpha value is -2.85. The van der Waals surface area contributed by atoms with Crippen LogP contribution in [0.4, 0.5) is 10.9 Å². The van der Waals surface area contributed by atoms with Gasteiger partial charge in [0, 0.05) is 4.88 Å². The van der Waals surface area contributed by atoms with Gasteiger partial charge in [0.1, 0.15) is 10.3 Å². The number of thioether (sulfide) groups is 1. The highest BCUT2D eigenvalue weighted by Gasteiger charge is 2.30. The summed E-state index contributed by atoms with van der Waals surface area (Å²) in [6, 6.07) is 9.38. The van der Waals surface area contributed by atoms with Crippen LogP contribution in [0.25, 0.3) is 0 Å². The smallest absolute Gasteiger partial charge is 0.341 e. The van der Waals surface area contributed by atoms with Crippen LogP contribution in [0.1, 0.15) is 51.4 Å². The summed E-state index contributed by atoms with van der Waals surface area (Å²) in [6.45, 7) is 2.06. The van der Waals surface area contributed by atoms with Crippen molar-refractivity contribution in [1.82, 2.24) is 15.2 Å². The van der Waals surface area contributed by atoms with Crippen LogP contribution in [0.5, 0.6) is 0 Å². The second-order valence-corrected chi connectivity index (χ2v) is 9.21. The van der Waals surface area contributed by atoms with E-state index in [1.807, 2.05) is 30.3 Å². The number of anilines is 2. The third-order valence-electron chi connectivity index (χ3n) is 4.93. The number of nitrogen functional groups attached to an aromatic ring is 1. The van der Waals surface area contributed by atoms with E-state index in [1.54, 1.807) is 6.92 Å². The van der Waals surface area contributed by atoms with Crippen molar-refractivity contribution >= 4 is 45.9 Å². The number of nitrogens with zero attached hydrogens (tertiary/aromatic N) is 2. The number of ether oxygens (including phenoxy) is 1. The van der Waals surface area contributed by atoms with Gasteiger partial charge in [-0.3, -0.25) is 4.79 Å². The fourth-order valence-corrected chi connectivity index (χ4v) is 5.77. The van der Waals surface area contributed by atoms with Gasteiger partial charge in [0.05, 0.1) is 12.2 Å². The van der Waals surface area contributed by atoms with Crippen LogP contribution in [0, 0.1) is 0 Å². The summed E-state index contributed by atoms with van der Waals surface area (Å²) in [7, 11) is 0. The fourth-order valence-electron chi connectivity index (χ4n) is 3.57. The summed E-state index contributed by atoms with van der Waals surface area (Å²) in [5.74, 6) is -0.461. The monoisotopic (exact) mass is 457 g/mol. The number of aryl methyl sites for hydroxylation is 1. The molecule has 0 aliphatic heterocycles. The number of amides is 1. The highest BCUT2D eigenvalue weighted by molar-refractivity contribution is 8.00. The highest BCUT2D eigenvalue weighted by Crippen LogP contribution is 2.40.